The number of para-hydroxylation sites is 1. The first-order valence-corrected chi connectivity index (χ1v) is 8.40. The van der Waals surface area contributed by atoms with Crippen LogP contribution >= 0.6 is 35.4 Å². The summed E-state index contributed by atoms with van der Waals surface area (Å²) >= 11 is 17.9. The number of benzene rings is 1. The Morgan fingerprint density at radius 2 is 2.08 bits per heavy atom. The largest absolute Gasteiger partial charge is 0.250 e. The Morgan fingerprint density at radius 1 is 1.33 bits per heavy atom. The van der Waals surface area contributed by atoms with Crippen molar-refractivity contribution >= 4 is 41.6 Å². The average Bonchev–Trinajstić information content (AvgIpc) is 3.06. The Labute approximate surface area is 153 Å². The second-order valence-corrected chi connectivity index (χ2v) is 6.16. The van der Waals surface area contributed by atoms with Gasteiger partial charge in [0.1, 0.15) is 5.15 Å². The smallest absolute Gasteiger partial charge is 0.216 e. The molecule has 0 atom stereocenters. The van der Waals surface area contributed by atoms with Crippen LogP contribution in [0.3, 0.4) is 0 Å². The highest BCUT2D eigenvalue weighted by Gasteiger charge is 2.15. The van der Waals surface area contributed by atoms with Crippen molar-refractivity contribution < 1.29 is 0 Å². The van der Waals surface area contributed by atoms with E-state index in [1.54, 1.807) is 21.6 Å². The molecule has 0 fully saturated rings. The van der Waals surface area contributed by atoms with Gasteiger partial charge in [-0.15, -0.1) is 0 Å². The molecule has 0 spiro atoms. The molecule has 0 saturated carbocycles. The minimum absolute atomic E-state index is 0.426. The van der Waals surface area contributed by atoms with E-state index in [1.165, 1.54) is 0 Å². The molecule has 0 bridgehead atoms. The van der Waals surface area contributed by atoms with Crippen LogP contribution in [0.25, 0.3) is 5.69 Å². The van der Waals surface area contributed by atoms with Crippen LogP contribution in [0.4, 0.5) is 0 Å². The van der Waals surface area contributed by atoms with Crippen molar-refractivity contribution in [1.29, 1.82) is 0 Å². The van der Waals surface area contributed by atoms with Crippen molar-refractivity contribution in [2.75, 3.05) is 0 Å². The van der Waals surface area contributed by atoms with Crippen LogP contribution in [-0.4, -0.2) is 30.9 Å². The van der Waals surface area contributed by atoms with Crippen LogP contribution in [0.2, 0.25) is 10.2 Å². The Kier molecular flexibility index (Phi) is 4.84. The van der Waals surface area contributed by atoms with Crippen LogP contribution < -0.4 is 0 Å². The number of nitrogens with one attached hydrogen (secondary N) is 1. The summed E-state index contributed by atoms with van der Waals surface area (Å²) in [6.45, 7) is 3.83. The highest BCUT2D eigenvalue weighted by atomic mass is 35.5. The number of aryl methyl sites for hydroxylation is 2. The van der Waals surface area contributed by atoms with Gasteiger partial charge in [-0.3, -0.25) is 5.10 Å². The maximum Gasteiger partial charge on any atom is 0.216 e. The zero-order valence-corrected chi connectivity index (χ0v) is 15.3. The van der Waals surface area contributed by atoms with E-state index in [9.17, 15) is 0 Å². The van der Waals surface area contributed by atoms with Crippen LogP contribution in [0.1, 0.15) is 24.0 Å². The number of hydrogen-bond donors (Lipinski definition) is 1. The fourth-order valence-electron chi connectivity index (χ4n) is 2.23. The van der Waals surface area contributed by atoms with Crippen LogP contribution in [0.15, 0.2) is 29.4 Å². The van der Waals surface area contributed by atoms with Gasteiger partial charge in [-0.05, 0) is 31.3 Å². The molecule has 124 valence electrons. The van der Waals surface area contributed by atoms with Gasteiger partial charge in [0.05, 0.1) is 28.2 Å². The molecule has 3 rings (SSSR count). The summed E-state index contributed by atoms with van der Waals surface area (Å²) in [5.74, 6) is 0.739. The van der Waals surface area contributed by atoms with Gasteiger partial charge < -0.3 is 0 Å². The first kappa shape index (κ1) is 16.9. The number of H-pyrrole nitrogens is 1. The Morgan fingerprint density at radius 3 is 2.79 bits per heavy atom. The lowest BCUT2D eigenvalue weighted by atomic mass is 10.3. The molecular formula is C15H14Cl2N6S. The molecule has 0 aliphatic heterocycles. The molecule has 0 aliphatic rings. The van der Waals surface area contributed by atoms with E-state index in [-0.39, 0.29) is 0 Å². The molecule has 0 aliphatic carbocycles. The number of nitrogens with zero attached hydrogens (tertiary/aromatic N) is 5. The van der Waals surface area contributed by atoms with Gasteiger partial charge in [-0.1, -0.05) is 42.3 Å². The van der Waals surface area contributed by atoms with Crippen molar-refractivity contribution in [3.63, 3.8) is 0 Å². The molecule has 9 heteroatoms. The molecule has 24 heavy (non-hydrogen) atoms. The summed E-state index contributed by atoms with van der Waals surface area (Å²) in [7, 11) is 0. The molecule has 0 saturated heterocycles. The zero-order chi connectivity index (χ0) is 17.3. The van der Waals surface area contributed by atoms with E-state index in [1.807, 2.05) is 32.0 Å². The van der Waals surface area contributed by atoms with Crippen molar-refractivity contribution in [2.45, 2.75) is 20.3 Å². The maximum atomic E-state index is 6.48. The van der Waals surface area contributed by atoms with Crippen molar-refractivity contribution in [3.8, 4) is 5.69 Å². The van der Waals surface area contributed by atoms with Crippen molar-refractivity contribution in [1.82, 2.24) is 24.7 Å². The third-order valence-corrected chi connectivity index (χ3v) is 4.41. The molecule has 0 radical (unpaired) electrons. The molecule has 0 unspecified atom stereocenters. The lowest BCUT2D eigenvalue weighted by Gasteiger charge is -2.04. The minimum Gasteiger partial charge on any atom is -0.250 e. The third kappa shape index (κ3) is 3.02. The number of halogens is 2. The van der Waals surface area contributed by atoms with E-state index in [2.05, 4.69) is 20.4 Å². The van der Waals surface area contributed by atoms with Gasteiger partial charge in [0.15, 0.2) is 5.82 Å². The first-order valence-electron chi connectivity index (χ1n) is 7.23. The Hall–Kier alpha value is -1.96. The fraction of sp³-hybridized carbons (Fsp3) is 0.200. The summed E-state index contributed by atoms with van der Waals surface area (Å²) in [6, 6.07) is 7.37. The predicted octanol–water partition coefficient (Wildman–Crippen LogP) is 4.19. The first-order chi connectivity index (χ1) is 11.5. The zero-order valence-electron chi connectivity index (χ0n) is 13.0. The lowest BCUT2D eigenvalue weighted by Crippen LogP contribution is -1.98. The van der Waals surface area contributed by atoms with Crippen LogP contribution in [0.5, 0.6) is 0 Å². The summed E-state index contributed by atoms with van der Waals surface area (Å²) in [5.41, 5.74) is 2.14. The fourth-order valence-corrected chi connectivity index (χ4v) is 2.96. The maximum absolute atomic E-state index is 6.48. The molecule has 1 aromatic carbocycles. The van der Waals surface area contributed by atoms with Gasteiger partial charge in [0.2, 0.25) is 4.77 Å². The predicted molar refractivity (Wildman–Crippen MR) is 98.1 cm³/mol. The number of aromatic amines is 1. The highest BCUT2D eigenvalue weighted by molar-refractivity contribution is 7.71. The molecule has 2 aromatic heterocycles. The quantitative estimate of drug-likeness (QED) is 0.545. The topological polar surface area (TPSA) is 63.8 Å². The number of aromatic nitrogens is 5. The summed E-state index contributed by atoms with van der Waals surface area (Å²) in [6.07, 6.45) is 2.33. The highest BCUT2D eigenvalue weighted by Crippen LogP contribution is 2.26. The summed E-state index contributed by atoms with van der Waals surface area (Å²) in [4.78, 5) is 0. The van der Waals surface area contributed by atoms with E-state index in [0.717, 1.165) is 11.5 Å². The Bertz CT molecular complexity index is 969. The molecule has 1 N–H and O–H groups in total. The second-order valence-electron chi connectivity index (χ2n) is 5.01. The summed E-state index contributed by atoms with van der Waals surface area (Å²) < 4.78 is 3.59. The SMILES string of the molecule is CCc1n[nH]c(=S)n1/N=C/c1c(C)nn(-c2ccccc2Cl)c1Cl. The molecule has 0 amide bonds. The number of rotatable bonds is 4. The van der Waals surface area contributed by atoms with E-state index in [4.69, 9.17) is 35.4 Å². The minimum atomic E-state index is 0.426. The lowest BCUT2D eigenvalue weighted by molar-refractivity contribution is 0.780. The molecular weight excluding hydrogens is 367 g/mol. The van der Waals surface area contributed by atoms with Gasteiger partial charge in [-0.2, -0.15) is 20.0 Å². The van der Waals surface area contributed by atoms with Crippen LogP contribution in [0, 0.1) is 11.7 Å². The Balaban J connectivity index is 2.04. The normalized spacial score (nSPS) is 11.5. The standard InChI is InChI=1S/C15H14Cl2N6S/c1-3-13-19-20-15(24)23(13)18-8-10-9(2)21-22(14(10)17)12-7-5-4-6-11(12)16/h4-8H,3H2,1-2H3,(H,20,24)/b18-8+. The van der Waals surface area contributed by atoms with Crippen molar-refractivity contribution in [3.05, 3.63) is 56.3 Å². The average molecular weight is 381 g/mol. The van der Waals surface area contributed by atoms with Crippen molar-refractivity contribution in [2.24, 2.45) is 5.10 Å². The number of hydrogen-bond acceptors (Lipinski definition) is 4. The van der Waals surface area contributed by atoms with Gasteiger partial charge in [0.25, 0.3) is 0 Å². The second kappa shape index (κ2) is 6.88. The molecule has 6 nitrogen and oxygen atoms in total. The van der Waals surface area contributed by atoms with E-state index < -0.39 is 0 Å². The van der Waals surface area contributed by atoms with Crippen LogP contribution in [-0.2, 0) is 6.42 Å². The summed E-state index contributed by atoms with van der Waals surface area (Å²) in [5, 5.41) is 16.7. The monoisotopic (exact) mass is 380 g/mol. The van der Waals surface area contributed by atoms with E-state index in [0.29, 0.717) is 32.6 Å². The molecule has 3 aromatic rings. The van der Waals surface area contributed by atoms with Gasteiger partial charge in [0, 0.05) is 6.42 Å². The van der Waals surface area contributed by atoms with Gasteiger partial charge >= 0.3 is 0 Å². The molecule has 2 heterocycles. The third-order valence-electron chi connectivity index (χ3n) is 3.46. The van der Waals surface area contributed by atoms with Gasteiger partial charge in [-0.25, -0.2) is 4.68 Å². The van der Waals surface area contributed by atoms with E-state index >= 15 is 0 Å².